The van der Waals surface area contributed by atoms with Crippen molar-refractivity contribution in [3.63, 3.8) is 0 Å². The third-order valence-electron chi connectivity index (χ3n) is 5.48. The third kappa shape index (κ3) is 5.75. The highest BCUT2D eigenvalue weighted by Crippen LogP contribution is 2.47. The molecule has 3 rings (SSSR count). The van der Waals surface area contributed by atoms with Crippen LogP contribution in [0, 0.1) is 5.92 Å². The van der Waals surface area contributed by atoms with Crippen molar-refractivity contribution in [3.8, 4) is 0 Å². The fourth-order valence-corrected chi connectivity index (χ4v) is 3.37. The van der Waals surface area contributed by atoms with Crippen LogP contribution in [0.15, 0.2) is 53.6 Å². The van der Waals surface area contributed by atoms with Crippen LogP contribution >= 0.6 is 0 Å². The Hall–Kier alpha value is -3.16. The van der Waals surface area contributed by atoms with Crippen LogP contribution in [0.2, 0.25) is 0 Å². The van der Waals surface area contributed by atoms with E-state index < -0.39 is 12.1 Å². The van der Waals surface area contributed by atoms with Crippen molar-refractivity contribution in [2.45, 2.75) is 51.6 Å². The average molecular weight is 445 g/mol. The third-order valence-corrected chi connectivity index (χ3v) is 5.48. The van der Waals surface area contributed by atoms with Crippen molar-refractivity contribution < 1.29 is 22.8 Å². The summed E-state index contributed by atoms with van der Waals surface area (Å²) in [6, 6.07) is 14.1. The second-order valence-corrected chi connectivity index (χ2v) is 9.02. The second kappa shape index (κ2) is 8.76. The van der Waals surface area contributed by atoms with E-state index in [1.54, 1.807) is 12.2 Å². The Balaban J connectivity index is 1.55. The van der Waals surface area contributed by atoms with Crippen molar-refractivity contribution in [3.05, 3.63) is 65.2 Å². The Morgan fingerprint density at radius 3 is 2.09 bits per heavy atom. The highest BCUT2D eigenvalue weighted by atomic mass is 19.4. The summed E-state index contributed by atoms with van der Waals surface area (Å²) in [4.78, 5) is 23.4. The first kappa shape index (κ1) is 23.5. The van der Waals surface area contributed by atoms with Gasteiger partial charge in [-0.15, -0.1) is 0 Å². The van der Waals surface area contributed by atoms with Gasteiger partial charge in [0.15, 0.2) is 0 Å². The first-order valence-corrected chi connectivity index (χ1v) is 10.3. The number of amides is 2. The Morgan fingerprint density at radius 2 is 1.56 bits per heavy atom. The fraction of sp³-hybridized carbons (Fsp3) is 0.375. The van der Waals surface area contributed by atoms with Crippen LogP contribution in [0.4, 0.5) is 18.9 Å². The van der Waals surface area contributed by atoms with Gasteiger partial charge in [0.2, 0.25) is 5.91 Å². The van der Waals surface area contributed by atoms with E-state index in [1.165, 1.54) is 29.8 Å². The number of alkyl halides is 3. The number of hydrogen-bond donors (Lipinski definition) is 2. The molecule has 170 valence electrons. The predicted octanol–water partition coefficient (Wildman–Crippen LogP) is 5.13. The highest BCUT2D eigenvalue weighted by molar-refractivity contribution is 6.00. The molecule has 0 radical (unpaired) electrons. The molecule has 1 fully saturated rings. The number of carbonyl (C=O) groups is 2. The summed E-state index contributed by atoms with van der Waals surface area (Å²) in [7, 11) is 0. The largest absolute Gasteiger partial charge is 0.471 e. The number of halogens is 3. The van der Waals surface area contributed by atoms with Crippen molar-refractivity contribution in [2.24, 2.45) is 11.0 Å². The normalized spacial score (nSPS) is 18.8. The molecule has 8 heteroatoms. The number of nitrogens with one attached hydrogen (secondary N) is 2. The Labute approximate surface area is 185 Å². The van der Waals surface area contributed by atoms with Gasteiger partial charge in [0.25, 0.3) is 0 Å². The van der Waals surface area contributed by atoms with Gasteiger partial charge >= 0.3 is 12.1 Å². The summed E-state index contributed by atoms with van der Waals surface area (Å²) in [5.74, 6) is -2.15. The number of nitrogens with zero attached hydrogens (tertiary/aromatic N) is 1. The van der Waals surface area contributed by atoms with E-state index in [-0.39, 0.29) is 28.8 Å². The van der Waals surface area contributed by atoms with Gasteiger partial charge in [-0.2, -0.15) is 18.3 Å². The van der Waals surface area contributed by atoms with E-state index in [1.807, 2.05) is 0 Å². The number of hydrazone groups is 1. The molecule has 1 saturated carbocycles. The van der Waals surface area contributed by atoms with Gasteiger partial charge in [-0.05, 0) is 53.5 Å². The summed E-state index contributed by atoms with van der Waals surface area (Å²) in [6.45, 7) is 8.14. The Morgan fingerprint density at radius 1 is 0.969 bits per heavy atom. The maximum Gasteiger partial charge on any atom is 0.471 e. The van der Waals surface area contributed by atoms with Crippen LogP contribution in [0.1, 0.15) is 56.7 Å². The molecule has 0 aromatic heterocycles. The molecule has 2 N–H and O–H groups in total. The lowest BCUT2D eigenvalue weighted by Gasteiger charge is -2.19. The maximum absolute atomic E-state index is 12.4. The van der Waals surface area contributed by atoms with Crippen LogP contribution in [0.5, 0.6) is 0 Å². The summed E-state index contributed by atoms with van der Waals surface area (Å²) in [6.07, 6.45) is -4.18. The molecule has 32 heavy (non-hydrogen) atoms. The molecule has 0 heterocycles. The average Bonchev–Trinajstić information content (AvgIpc) is 3.52. The maximum atomic E-state index is 12.4. The molecule has 2 amide bonds. The first-order chi connectivity index (χ1) is 14.9. The Kier molecular flexibility index (Phi) is 6.44. The number of hydrogen-bond acceptors (Lipinski definition) is 3. The predicted molar refractivity (Wildman–Crippen MR) is 117 cm³/mol. The second-order valence-electron chi connectivity index (χ2n) is 9.02. The van der Waals surface area contributed by atoms with Crippen molar-refractivity contribution in [2.75, 3.05) is 5.32 Å². The summed E-state index contributed by atoms with van der Waals surface area (Å²) in [5, 5.41) is 5.89. The minimum Gasteiger partial charge on any atom is -0.318 e. The van der Waals surface area contributed by atoms with Crippen molar-refractivity contribution in [1.82, 2.24) is 5.43 Å². The van der Waals surface area contributed by atoms with Crippen LogP contribution in [-0.4, -0.2) is 23.7 Å². The molecule has 0 spiro atoms. The molecule has 5 nitrogen and oxygen atoms in total. The SMILES string of the molecule is C/C(=N/NC(=O)[C@H]1C[C@H]1c1ccc(C(C)(C)C)cc1)c1ccc(NC(=O)C(F)(F)F)cc1. The lowest BCUT2D eigenvalue weighted by Crippen LogP contribution is -2.29. The molecule has 2 atom stereocenters. The van der Waals surface area contributed by atoms with E-state index in [2.05, 4.69) is 55.6 Å². The number of carbonyl (C=O) groups excluding carboxylic acids is 2. The molecule has 2 aromatic carbocycles. The smallest absolute Gasteiger partial charge is 0.318 e. The van der Waals surface area contributed by atoms with Gasteiger partial charge in [-0.3, -0.25) is 9.59 Å². The van der Waals surface area contributed by atoms with Gasteiger partial charge in [0.1, 0.15) is 0 Å². The zero-order valence-corrected chi connectivity index (χ0v) is 18.4. The molecule has 2 aromatic rings. The molecule has 1 aliphatic rings. The number of anilines is 1. The van der Waals surface area contributed by atoms with E-state index in [0.717, 1.165) is 12.0 Å². The summed E-state index contributed by atoms with van der Waals surface area (Å²) in [5.41, 5.74) is 6.16. The van der Waals surface area contributed by atoms with Crippen LogP contribution in [0.3, 0.4) is 0 Å². The first-order valence-electron chi connectivity index (χ1n) is 10.3. The van der Waals surface area contributed by atoms with Crippen LogP contribution in [0.25, 0.3) is 0 Å². The molecular formula is C24H26F3N3O2. The number of benzene rings is 2. The fourth-order valence-electron chi connectivity index (χ4n) is 3.37. The van der Waals surface area contributed by atoms with E-state index in [0.29, 0.717) is 11.3 Å². The molecule has 0 unspecified atom stereocenters. The lowest BCUT2D eigenvalue weighted by molar-refractivity contribution is -0.167. The number of rotatable bonds is 5. The minimum absolute atomic E-state index is 0.0196. The van der Waals surface area contributed by atoms with Crippen molar-refractivity contribution >= 4 is 23.2 Å². The molecular weight excluding hydrogens is 419 g/mol. The van der Waals surface area contributed by atoms with Gasteiger partial charge in [0, 0.05) is 11.6 Å². The van der Waals surface area contributed by atoms with Crippen molar-refractivity contribution in [1.29, 1.82) is 0 Å². The van der Waals surface area contributed by atoms with E-state index in [4.69, 9.17) is 0 Å². The van der Waals surface area contributed by atoms with Gasteiger partial charge < -0.3 is 5.32 Å². The highest BCUT2D eigenvalue weighted by Gasteiger charge is 2.44. The standard InChI is InChI=1S/C24H26F3N3O2/c1-14(15-7-11-18(12-8-15)28-22(32)24(25,26)27)29-30-21(31)20-13-19(20)16-5-9-17(10-6-16)23(2,3)4/h5-12,19-20H,13H2,1-4H3,(H,28,32)(H,30,31)/b29-14-/t19-,20-/m0/s1. The molecule has 0 bridgehead atoms. The Bertz CT molecular complexity index is 1020. The summed E-state index contributed by atoms with van der Waals surface area (Å²) >= 11 is 0. The van der Waals surface area contributed by atoms with Gasteiger partial charge in [-0.25, -0.2) is 5.43 Å². The monoisotopic (exact) mass is 445 g/mol. The topological polar surface area (TPSA) is 70.6 Å². The lowest BCUT2D eigenvalue weighted by atomic mass is 9.86. The molecule has 1 aliphatic carbocycles. The molecule has 0 saturated heterocycles. The van der Waals surface area contributed by atoms with Crippen LogP contribution < -0.4 is 10.7 Å². The molecule has 0 aliphatic heterocycles. The van der Waals surface area contributed by atoms with Crippen LogP contribution in [-0.2, 0) is 15.0 Å². The van der Waals surface area contributed by atoms with E-state index in [9.17, 15) is 22.8 Å². The summed E-state index contributed by atoms with van der Waals surface area (Å²) < 4.78 is 37.0. The van der Waals surface area contributed by atoms with E-state index >= 15 is 0 Å². The zero-order valence-electron chi connectivity index (χ0n) is 18.4. The van der Waals surface area contributed by atoms with Gasteiger partial charge in [-0.1, -0.05) is 57.2 Å². The minimum atomic E-state index is -4.95. The van der Waals surface area contributed by atoms with Gasteiger partial charge in [0.05, 0.1) is 5.71 Å². The zero-order chi connectivity index (χ0) is 23.7. The quantitative estimate of drug-likeness (QED) is 0.495.